The monoisotopic (exact) mass is 597 g/mol. The van der Waals surface area contributed by atoms with Gasteiger partial charge in [0, 0.05) is 41.8 Å². The van der Waals surface area contributed by atoms with Crippen molar-refractivity contribution in [3.05, 3.63) is 86.7 Å². The number of carbonyl (C=O) groups excluding carboxylic acids is 2. The highest BCUT2D eigenvalue weighted by Gasteiger charge is 2.32. The second-order valence-corrected chi connectivity index (χ2v) is 11.1. The molecular weight excluding hydrogens is 574 g/mol. The zero-order valence-corrected chi connectivity index (χ0v) is 23.4. The van der Waals surface area contributed by atoms with E-state index in [-0.39, 0.29) is 18.4 Å². The van der Waals surface area contributed by atoms with Crippen molar-refractivity contribution >= 4 is 68.6 Å². The predicted molar refractivity (Wildman–Crippen MR) is 154 cm³/mol. The molecule has 0 atom stereocenters. The van der Waals surface area contributed by atoms with E-state index in [1.807, 2.05) is 77.7 Å². The lowest BCUT2D eigenvalue weighted by Gasteiger charge is -2.37. The van der Waals surface area contributed by atoms with Gasteiger partial charge in [0.1, 0.15) is 12.3 Å². The van der Waals surface area contributed by atoms with Gasteiger partial charge in [0.2, 0.25) is 5.91 Å². The zero-order valence-electron chi connectivity index (χ0n) is 20.2. The molecule has 2 aliphatic heterocycles. The maximum atomic E-state index is 13.6. The summed E-state index contributed by atoms with van der Waals surface area (Å²) in [6.07, 6.45) is 1.86. The normalized spacial score (nSPS) is 16.7. The number of para-hydroxylation sites is 1. The van der Waals surface area contributed by atoms with Crippen molar-refractivity contribution < 1.29 is 14.3 Å². The fourth-order valence-electron chi connectivity index (χ4n) is 4.47. The minimum absolute atomic E-state index is 0.00276. The van der Waals surface area contributed by atoms with Crippen molar-refractivity contribution in [1.82, 2.24) is 4.90 Å². The molecule has 0 aromatic heterocycles. The molecule has 0 aliphatic carbocycles. The number of piperazine rings is 1. The first kappa shape index (κ1) is 25.7. The van der Waals surface area contributed by atoms with Crippen LogP contribution in [-0.2, 0) is 9.59 Å². The van der Waals surface area contributed by atoms with Gasteiger partial charge in [-0.3, -0.25) is 14.5 Å². The molecular formula is C28H25BrClN3O3S. The lowest BCUT2D eigenvalue weighted by atomic mass is 10.2. The molecule has 2 aliphatic rings. The molecule has 6 nitrogen and oxygen atoms in total. The third-order valence-corrected chi connectivity index (χ3v) is 8.34. The van der Waals surface area contributed by atoms with Crippen molar-refractivity contribution in [2.24, 2.45) is 0 Å². The van der Waals surface area contributed by atoms with Crippen molar-refractivity contribution in [2.75, 3.05) is 49.6 Å². The van der Waals surface area contributed by atoms with E-state index in [1.165, 1.54) is 11.8 Å². The van der Waals surface area contributed by atoms with Gasteiger partial charge in [0.15, 0.2) is 0 Å². The van der Waals surface area contributed by atoms with Crippen LogP contribution in [-0.4, -0.2) is 56.5 Å². The summed E-state index contributed by atoms with van der Waals surface area (Å²) < 4.78 is 6.12. The van der Waals surface area contributed by atoms with Gasteiger partial charge in [0.25, 0.3) is 5.91 Å². The molecule has 5 rings (SSSR count). The third kappa shape index (κ3) is 5.66. The Morgan fingerprint density at radius 2 is 1.84 bits per heavy atom. The SMILES string of the molecule is COc1ccc(C=C2Sc3ccccc3N(CC(=O)N3CCN(c4cccc(Cl)c4)CC3)C2=O)cc1Br. The Bertz CT molecular complexity index is 1370. The number of amides is 2. The first-order chi connectivity index (χ1) is 17.9. The summed E-state index contributed by atoms with van der Waals surface area (Å²) in [6.45, 7) is 2.60. The lowest BCUT2D eigenvalue weighted by molar-refractivity contribution is -0.131. The molecule has 0 spiro atoms. The van der Waals surface area contributed by atoms with Gasteiger partial charge in [-0.05, 0) is 70.0 Å². The summed E-state index contributed by atoms with van der Waals surface area (Å²) in [7, 11) is 1.61. The highest BCUT2D eigenvalue weighted by Crippen LogP contribution is 2.42. The quantitative estimate of drug-likeness (QED) is 0.340. The van der Waals surface area contributed by atoms with E-state index < -0.39 is 0 Å². The molecule has 190 valence electrons. The number of fused-ring (bicyclic) bond motifs is 1. The molecule has 37 heavy (non-hydrogen) atoms. The standard InChI is InChI=1S/C28H25BrClN3O3S/c1-36-24-10-9-19(15-22(24)29)16-26-28(35)33(23-7-2-3-8-25(23)37-26)18-27(34)32-13-11-31(12-14-32)21-6-4-5-20(30)17-21/h2-10,15-17H,11-14,18H2,1H3. The maximum Gasteiger partial charge on any atom is 0.265 e. The van der Waals surface area contributed by atoms with Gasteiger partial charge >= 0.3 is 0 Å². The van der Waals surface area contributed by atoms with E-state index in [0.717, 1.165) is 32.1 Å². The van der Waals surface area contributed by atoms with Crippen molar-refractivity contribution in [2.45, 2.75) is 4.90 Å². The van der Waals surface area contributed by atoms with E-state index in [4.69, 9.17) is 16.3 Å². The van der Waals surface area contributed by atoms with Crippen LogP contribution in [0.25, 0.3) is 6.08 Å². The Labute approximate surface area is 234 Å². The summed E-state index contributed by atoms with van der Waals surface area (Å²) >= 11 is 11.1. The van der Waals surface area contributed by atoms with Crippen LogP contribution in [0.4, 0.5) is 11.4 Å². The minimum atomic E-state index is -0.179. The number of methoxy groups -OCH3 is 1. The van der Waals surface area contributed by atoms with Gasteiger partial charge in [-0.2, -0.15) is 0 Å². The van der Waals surface area contributed by atoms with E-state index in [1.54, 1.807) is 12.0 Å². The van der Waals surface area contributed by atoms with Crippen molar-refractivity contribution in [1.29, 1.82) is 0 Å². The molecule has 1 fully saturated rings. The Morgan fingerprint density at radius 1 is 1.05 bits per heavy atom. The molecule has 0 saturated carbocycles. The van der Waals surface area contributed by atoms with E-state index in [2.05, 4.69) is 20.8 Å². The smallest absolute Gasteiger partial charge is 0.265 e. The van der Waals surface area contributed by atoms with Crippen LogP contribution < -0.4 is 14.5 Å². The highest BCUT2D eigenvalue weighted by molar-refractivity contribution is 9.10. The number of nitrogens with zero attached hydrogens (tertiary/aromatic N) is 3. The van der Waals surface area contributed by atoms with E-state index in [9.17, 15) is 9.59 Å². The number of thioether (sulfide) groups is 1. The summed E-state index contributed by atoms with van der Waals surface area (Å²) in [6, 6.07) is 21.1. The molecule has 0 N–H and O–H groups in total. The molecule has 0 radical (unpaired) electrons. The summed E-state index contributed by atoms with van der Waals surface area (Å²) in [4.78, 5) is 34.1. The van der Waals surface area contributed by atoms with Crippen LogP contribution in [0.1, 0.15) is 5.56 Å². The second-order valence-electron chi connectivity index (χ2n) is 8.71. The minimum Gasteiger partial charge on any atom is -0.496 e. The van der Waals surface area contributed by atoms with Gasteiger partial charge in [0.05, 0.1) is 22.2 Å². The highest BCUT2D eigenvalue weighted by atomic mass is 79.9. The number of rotatable bonds is 5. The first-order valence-corrected chi connectivity index (χ1v) is 13.8. The lowest BCUT2D eigenvalue weighted by Crippen LogP contribution is -2.52. The molecule has 0 unspecified atom stereocenters. The number of hydrogen-bond donors (Lipinski definition) is 0. The van der Waals surface area contributed by atoms with E-state index in [0.29, 0.717) is 36.1 Å². The molecule has 9 heteroatoms. The number of halogens is 2. The Balaban J connectivity index is 1.32. The van der Waals surface area contributed by atoms with Crippen LogP contribution >= 0.6 is 39.3 Å². The molecule has 2 amide bonds. The Morgan fingerprint density at radius 3 is 2.57 bits per heavy atom. The summed E-state index contributed by atoms with van der Waals surface area (Å²) in [5.74, 6) is 0.478. The van der Waals surface area contributed by atoms with Gasteiger partial charge < -0.3 is 14.5 Å². The van der Waals surface area contributed by atoms with Crippen molar-refractivity contribution in [3.63, 3.8) is 0 Å². The van der Waals surface area contributed by atoms with Crippen molar-refractivity contribution in [3.8, 4) is 5.75 Å². The fraction of sp³-hybridized carbons (Fsp3) is 0.214. The second kappa shape index (κ2) is 11.2. The summed E-state index contributed by atoms with van der Waals surface area (Å²) in [5, 5.41) is 0.696. The topological polar surface area (TPSA) is 53.1 Å². The number of benzene rings is 3. The molecule has 3 aromatic rings. The van der Waals surface area contributed by atoms with Crippen LogP contribution in [0.15, 0.2) is 81.0 Å². The first-order valence-electron chi connectivity index (χ1n) is 11.9. The molecule has 2 heterocycles. The summed E-state index contributed by atoms with van der Waals surface area (Å²) in [5.41, 5.74) is 2.68. The Kier molecular flexibility index (Phi) is 7.79. The third-order valence-electron chi connectivity index (χ3n) is 6.40. The molecule has 0 bridgehead atoms. The van der Waals surface area contributed by atoms with Gasteiger partial charge in [-0.1, -0.05) is 47.6 Å². The predicted octanol–water partition coefficient (Wildman–Crippen LogP) is 5.94. The van der Waals surface area contributed by atoms with Crippen LogP contribution in [0.2, 0.25) is 5.02 Å². The van der Waals surface area contributed by atoms with E-state index >= 15 is 0 Å². The maximum absolute atomic E-state index is 13.6. The number of anilines is 2. The van der Waals surface area contributed by atoms with Crippen LogP contribution in [0.3, 0.4) is 0 Å². The fourth-order valence-corrected chi connectivity index (χ4v) is 6.27. The molecule has 3 aromatic carbocycles. The average molecular weight is 599 g/mol. The van der Waals surface area contributed by atoms with Gasteiger partial charge in [-0.15, -0.1) is 0 Å². The Hall–Kier alpha value is -2.94. The molecule has 1 saturated heterocycles. The number of hydrogen-bond acceptors (Lipinski definition) is 5. The van der Waals surface area contributed by atoms with Crippen LogP contribution in [0.5, 0.6) is 5.75 Å². The largest absolute Gasteiger partial charge is 0.496 e. The number of ether oxygens (including phenoxy) is 1. The van der Waals surface area contributed by atoms with Crippen LogP contribution in [0, 0.1) is 0 Å². The average Bonchev–Trinajstić information content (AvgIpc) is 2.91. The van der Waals surface area contributed by atoms with Gasteiger partial charge in [-0.25, -0.2) is 0 Å². The zero-order chi connectivity index (χ0) is 25.9. The number of carbonyl (C=O) groups is 2.